The van der Waals surface area contributed by atoms with E-state index in [9.17, 15) is 0 Å². The molecule has 0 spiro atoms. The summed E-state index contributed by atoms with van der Waals surface area (Å²) < 4.78 is 0. The monoisotopic (exact) mass is 243 g/mol. The molecular formula is C15H14ClN. The van der Waals surface area contributed by atoms with Crippen molar-refractivity contribution < 1.29 is 0 Å². The van der Waals surface area contributed by atoms with Gasteiger partial charge in [-0.3, -0.25) is 0 Å². The topological polar surface area (TPSA) is 12.0 Å². The zero-order valence-corrected chi connectivity index (χ0v) is 10.5. The second kappa shape index (κ2) is 4.08. The number of halogens is 1. The van der Waals surface area contributed by atoms with E-state index in [1.165, 1.54) is 22.4 Å². The Hall–Kier alpha value is -1.47. The van der Waals surface area contributed by atoms with Gasteiger partial charge in [-0.15, -0.1) is 0 Å². The number of benzene rings is 2. The Morgan fingerprint density at radius 2 is 2.06 bits per heavy atom. The molecule has 2 heteroatoms. The second-order valence-corrected chi connectivity index (χ2v) is 5.05. The molecule has 17 heavy (non-hydrogen) atoms. The van der Waals surface area contributed by atoms with Crippen molar-refractivity contribution in [2.75, 3.05) is 5.32 Å². The van der Waals surface area contributed by atoms with Gasteiger partial charge < -0.3 is 5.32 Å². The van der Waals surface area contributed by atoms with Gasteiger partial charge in [0.2, 0.25) is 0 Å². The zero-order valence-electron chi connectivity index (χ0n) is 9.70. The van der Waals surface area contributed by atoms with Crippen LogP contribution in [0.25, 0.3) is 0 Å². The lowest BCUT2D eigenvalue weighted by Gasteiger charge is -2.11. The number of aryl methyl sites for hydroxylation is 1. The molecule has 0 bridgehead atoms. The maximum Gasteiger partial charge on any atom is 0.0555 e. The van der Waals surface area contributed by atoms with Gasteiger partial charge >= 0.3 is 0 Å². The van der Waals surface area contributed by atoms with Crippen LogP contribution in [-0.4, -0.2) is 0 Å². The molecule has 1 aliphatic rings. The van der Waals surface area contributed by atoms with Gasteiger partial charge in [0.15, 0.2) is 0 Å². The molecule has 1 unspecified atom stereocenters. The van der Waals surface area contributed by atoms with Crippen LogP contribution in [-0.2, 0) is 6.42 Å². The van der Waals surface area contributed by atoms with E-state index in [2.05, 4.69) is 36.5 Å². The van der Waals surface area contributed by atoms with E-state index in [0.717, 1.165) is 11.4 Å². The van der Waals surface area contributed by atoms with Crippen LogP contribution in [0.15, 0.2) is 42.5 Å². The predicted octanol–water partition coefficient (Wildman–Crippen LogP) is 4.36. The molecule has 1 atom stereocenters. The van der Waals surface area contributed by atoms with Gasteiger partial charge in [-0.05, 0) is 48.2 Å². The van der Waals surface area contributed by atoms with E-state index in [0.29, 0.717) is 6.04 Å². The molecule has 1 heterocycles. The van der Waals surface area contributed by atoms with Crippen LogP contribution in [0.5, 0.6) is 0 Å². The normalized spacial score (nSPS) is 17.6. The molecule has 1 aliphatic heterocycles. The third-order valence-electron chi connectivity index (χ3n) is 3.27. The van der Waals surface area contributed by atoms with Crippen molar-refractivity contribution in [3.8, 4) is 0 Å². The molecule has 3 rings (SSSR count). The molecule has 0 aliphatic carbocycles. The van der Waals surface area contributed by atoms with Crippen molar-refractivity contribution in [3.05, 3.63) is 64.2 Å². The van der Waals surface area contributed by atoms with Gasteiger partial charge in [0, 0.05) is 10.7 Å². The number of hydrogen-bond donors (Lipinski definition) is 1. The number of fused-ring (bicyclic) bond motifs is 1. The molecule has 0 fully saturated rings. The van der Waals surface area contributed by atoms with Gasteiger partial charge in [0.05, 0.1) is 6.04 Å². The van der Waals surface area contributed by atoms with E-state index >= 15 is 0 Å². The summed E-state index contributed by atoms with van der Waals surface area (Å²) in [6.45, 7) is 2.12. The van der Waals surface area contributed by atoms with Crippen molar-refractivity contribution >= 4 is 17.3 Å². The SMILES string of the molecule is Cc1ccc2c(c1)NC(c1cccc(Cl)c1)C2. The van der Waals surface area contributed by atoms with Gasteiger partial charge in [-0.25, -0.2) is 0 Å². The minimum Gasteiger partial charge on any atom is -0.378 e. The summed E-state index contributed by atoms with van der Waals surface area (Å²) in [5, 5.41) is 4.36. The highest BCUT2D eigenvalue weighted by atomic mass is 35.5. The van der Waals surface area contributed by atoms with Gasteiger partial charge in [0.25, 0.3) is 0 Å². The highest BCUT2D eigenvalue weighted by Crippen LogP contribution is 2.35. The smallest absolute Gasteiger partial charge is 0.0555 e. The molecule has 1 nitrogen and oxygen atoms in total. The first kappa shape index (κ1) is 10.7. The van der Waals surface area contributed by atoms with Crippen LogP contribution >= 0.6 is 11.6 Å². The Morgan fingerprint density at radius 3 is 2.88 bits per heavy atom. The largest absolute Gasteiger partial charge is 0.378 e. The van der Waals surface area contributed by atoms with Gasteiger partial charge in [0.1, 0.15) is 0 Å². The lowest BCUT2D eigenvalue weighted by atomic mass is 10.0. The Morgan fingerprint density at radius 1 is 1.18 bits per heavy atom. The first-order chi connectivity index (χ1) is 8.22. The Kier molecular flexibility index (Phi) is 2.56. The number of nitrogens with one attached hydrogen (secondary N) is 1. The van der Waals surface area contributed by atoms with Crippen LogP contribution in [0.4, 0.5) is 5.69 Å². The van der Waals surface area contributed by atoms with Gasteiger partial charge in [-0.2, -0.15) is 0 Å². The van der Waals surface area contributed by atoms with E-state index < -0.39 is 0 Å². The highest BCUT2D eigenvalue weighted by Gasteiger charge is 2.21. The van der Waals surface area contributed by atoms with Crippen LogP contribution in [0.3, 0.4) is 0 Å². The fourth-order valence-electron chi connectivity index (χ4n) is 2.39. The highest BCUT2D eigenvalue weighted by molar-refractivity contribution is 6.30. The van der Waals surface area contributed by atoms with E-state index in [-0.39, 0.29) is 0 Å². The molecule has 0 amide bonds. The molecule has 0 saturated carbocycles. The minimum atomic E-state index is 0.352. The predicted molar refractivity (Wildman–Crippen MR) is 72.7 cm³/mol. The van der Waals surface area contributed by atoms with Crippen molar-refractivity contribution in [1.82, 2.24) is 0 Å². The van der Waals surface area contributed by atoms with E-state index in [1.54, 1.807) is 0 Å². The average Bonchev–Trinajstić information content (AvgIpc) is 2.72. The summed E-state index contributed by atoms with van der Waals surface area (Å²) in [5.41, 5.74) is 5.20. The van der Waals surface area contributed by atoms with Crippen LogP contribution < -0.4 is 5.32 Å². The summed E-state index contributed by atoms with van der Waals surface area (Å²) in [6.07, 6.45) is 1.04. The van der Waals surface area contributed by atoms with Crippen LogP contribution in [0, 0.1) is 6.92 Å². The van der Waals surface area contributed by atoms with E-state index in [1.807, 2.05) is 18.2 Å². The maximum absolute atomic E-state index is 6.03. The first-order valence-corrected chi connectivity index (χ1v) is 6.22. The van der Waals surface area contributed by atoms with Crippen molar-refractivity contribution in [2.45, 2.75) is 19.4 Å². The standard InChI is InChI=1S/C15H14ClN/c1-10-5-6-12-9-15(17-14(12)7-10)11-3-2-4-13(16)8-11/h2-8,15,17H,9H2,1H3. The van der Waals surface area contributed by atoms with Crippen molar-refractivity contribution in [1.29, 1.82) is 0 Å². The fraction of sp³-hybridized carbons (Fsp3) is 0.200. The zero-order chi connectivity index (χ0) is 11.8. The minimum absolute atomic E-state index is 0.352. The average molecular weight is 244 g/mol. The molecule has 1 N–H and O–H groups in total. The van der Waals surface area contributed by atoms with Crippen molar-refractivity contribution in [3.63, 3.8) is 0 Å². The molecule has 0 saturated heterocycles. The Balaban J connectivity index is 1.91. The third-order valence-corrected chi connectivity index (χ3v) is 3.51. The number of rotatable bonds is 1. The molecule has 2 aromatic carbocycles. The summed E-state index contributed by atoms with van der Waals surface area (Å²) >= 11 is 6.03. The second-order valence-electron chi connectivity index (χ2n) is 4.62. The van der Waals surface area contributed by atoms with E-state index in [4.69, 9.17) is 11.6 Å². The summed E-state index contributed by atoms with van der Waals surface area (Å²) in [6, 6.07) is 15.0. The summed E-state index contributed by atoms with van der Waals surface area (Å²) in [5.74, 6) is 0. The molecular weight excluding hydrogens is 230 g/mol. The molecule has 0 aromatic heterocycles. The number of anilines is 1. The van der Waals surface area contributed by atoms with Gasteiger partial charge in [-0.1, -0.05) is 35.9 Å². The summed E-state index contributed by atoms with van der Waals surface area (Å²) in [4.78, 5) is 0. The third kappa shape index (κ3) is 2.03. The molecule has 2 aromatic rings. The van der Waals surface area contributed by atoms with Crippen LogP contribution in [0.1, 0.15) is 22.7 Å². The lowest BCUT2D eigenvalue weighted by molar-refractivity contribution is 0.824. The first-order valence-electron chi connectivity index (χ1n) is 5.84. The lowest BCUT2D eigenvalue weighted by Crippen LogP contribution is -2.05. The van der Waals surface area contributed by atoms with Crippen molar-refractivity contribution in [2.24, 2.45) is 0 Å². The quantitative estimate of drug-likeness (QED) is 0.785. The molecule has 86 valence electrons. The Bertz CT molecular complexity index is 563. The summed E-state index contributed by atoms with van der Waals surface area (Å²) in [7, 11) is 0. The maximum atomic E-state index is 6.03. The Labute approximate surface area is 106 Å². The molecule has 0 radical (unpaired) electrons. The number of hydrogen-bond acceptors (Lipinski definition) is 1. The van der Waals surface area contributed by atoms with Crippen LogP contribution in [0.2, 0.25) is 5.02 Å². The fourth-order valence-corrected chi connectivity index (χ4v) is 2.58.